The van der Waals surface area contributed by atoms with Gasteiger partial charge in [-0.3, -0.25) is 0 Å². The molecule has 0 aliphatic carbocycles. The topological polar surface area (TPSA) is 59.0 Å². The lowest BCUT2D eigenvalue weighted by Crippen LogP contribution is -1.94. The van der Waals surface area contributed by atoms with Crippen LogP contribution in [0.2, 0.25) is 0 Å². The number of ether oxygens (including phenoxy) is 1. The minimum atomic E-state index is 0. The molecule has 0 bridgehead atoms. The smallest absolute Gasteiger partial charge is 0.120 e. The number of nitrogens with two attached hydrogens (primary N) is 1. The zero-order valence-corrected chi connectivity index (χ0v) is 12.6. The Morgan fingerprint density at radius 2 is 2.09 bits per heavy atom. The number of nitrogens with zero attached hydrogens (tertiary/aromatic N) is 1. The molecule has 0 aromatic heterocycles. The largest absolute Gasteiger partial charge is 0.497 e. The molecule has 0 unspecified atom stereocenters. The summed E-state index contributed by atoms with van der Waals surface area (Å²) in [6.45, 7) is 2.01. The van der Waals surface area contributed by atoms with Crippen molar-refractivity contribution in [2.24, 2.45) is 0 Å². The van der Waals surface area contributed by atoms with Gasteiger partial charge in [-0.15, -0.1) is 0 Å². The standard InChI is InChI=1S/C19H16N2O.H2/c1-14-5-3-6-15(11-14)7-4-8-16(13-20)18-10-9-17(22-2)12-19(18)21;/h3,5-6,8-12H,21H2,1-2H3;1H/b16-8+;. The van der Waals surface area contributed by atoms with Crippen LogP contribution in [0.5, 0.6) is 5.75 Å². The van der Waals surface area contributed by atoms with Gasteiger partial charge in [0.2, 0.25) is 0 Å². The van der Waals surface area contributed by atoms with Crippen molar-refractivity contribution in [3.05, 3.63) is 65.2 Å². The summed E-state index contributed by atoms with van der Waals surface area (Å²) < 4.78 is 5.10. The van der Waals surface area contributed by atoms with E-state index in [0.29, 0.717) is 22.6 Å². The van der Waals surface area contributed by atoms with Crippen molar-refractivity contribution >= 4 is 11.3 Å². The molecule has 110 valence electrons. The van der Waals surface area contributed by atoms with Crippen molar-refractivity contribution in [1.82, 2.24) is 0 Å². The molecule has 0 aliphatic rings. The SMILES string of the molecule is COc1ccc(/C(C#N)=C/C#Cc2cccc(C)c2)c(N)c1.[HH]. The van der Waals surface area contributed by atoms with Crippen LogP contribution in [0, 0.1) is 30.1 Å². The molecule has 0 saturated carbocycles. The first-order chi connectivity index (χ1) is 10.6. The lowest BCUT2D eigenvalue weighted by Gasteiger charge is -2.05. The zero-order chi connectivity index (χ0) is 15.9. The Kier molecular flexibility index (Phi) is 4.85. The van der Waals surface area contributed by atoms with E-state index in [9.17, 15) is 5.26 Å². The number of nitrogen functional groups attached to an aromatic ring is 1. The van der Waals surface area contributed by atoms with E-state index in [1.807, 2.05) is 31.2 Å². The van der Waals surface area contributed by atoms with Gasteiger partial charge in [0.15, 0.2) is 0 Å². The van der Waals surface area contributed by atoms with Gasteiger partial charge in [-0.2, -0.15) is 5.26 Å². The number of nitriles is 1. The Morgan fingerprint density at radius 3 is 2.73 bits per heavy atom. The van der Waals surface area contributed by atoms with Gasteiger partial charge >= 0.3 is 0 Å². The summed E-state index contributed by atoms with van der Waals surface area (Å²) in [7, 11) is 1.57. The fraction of sp³-hybridized carbons (Fsp3) is 0.105. The summed E-state index contributed by atoms with van der Waals surface area (Å²) in [6.07, 6.45) is 1.58. The Morgan fingerprint density at radius 1 is 1.27 bits per heavy atom. The Balaban J connectivity index is 0.00000264. The van der Waals surface area contributed by atoms with Crippen LogP contribution in [0.3, 0.4) is 0 Å². The molecule has 0 amide bonds. The molecule has 2 N–H and O–H groups in total. The lowest BCUT2D eigenvalue weighted by molar-refractivity contribution is 0.415. The van der Waals surface area contributed by atoms with Crippen LogP contribution < -0.4 is 10.5 Å². The minimum absolute atomic E-state index is 0. The first-order valence-corrected chi connectivity index (χ1v) is 6.76. The fourth-order valence-corrected chi connectivity index (χ4v) is 2.00. The van der Waals surface area contributed by atoms with Gasteiger partial charge in [0.25, 0.3) is 0 Å². The summed E-state index contributed by atoms with van der Waals surface area (Å²) in [6, 6.07) is 15.2. The number of methoxy groups -OCH3 is 1. The van der Waals surface area contributed by atoms with E-state index >= 15 is 0 Å². The number of aryl methyl sites for hydroxylation is 1. The number of anilines is 1. The predicted octanol–water partition coefficient (Wildman–Crippen LogP) is 3.79. The van der Waals surface area contributed by atoms with Crippen molar-refractivity contribution in [2.75, 3.05) is 12.8 Å². The quantitative estimate of drug-likeness (QED) is 0.520. The molecular formula is C19H18N2O. The molecule has 0 saturated heterocycles. The average Bonchev–Trinajstić information content (AvgIpc) is 2.52. The third-order valence-electron chi connectivity index (χ3n) is 3.12. The van der Waals surface area contributed by atoms with E-state index in [4.69, 9.17) is 10.5 Å². The Hall–Kier alpha value is -3.17. The molecule has 2 aromatic rings. The van der Waals surface area contributed by atoms with Crippen LogP contribution in [0.1, 0.15) is 18.1 Å². The zero-order valence-electron chi connectivity index (χ0n) is 12.6. The lowest BCUT2D eigenvalue weighted by atomic mass is 10.0. The van der Waals surface area contributed by atoms with Gasteiger partial charge in [0.1, 0.15) is 11.8 Å². The molecular weight excluding hydrogens is 272 g/mol. The third kappa shape index (κ3) is 3.69. The number of benzene rings is 2. The molecule has 0 radical (unpaired) electrons. The molecule has 0 atom stereocenters. The molecule has 2 rings (SSSR count). The molecule has 0 aliphatic heterocycles. The third-order valence-corrected chi connectivity index (χ3v) is 3.12. The van der Waals surface area contributed by atoms with Gasteiger partial charge in [-0.25, -0.2) is 0 Å². The van der Waals surface area contributed by atoms with Crippen molar-refractivity contribution in [2.45, 2.75) is 6.92 Å². The van der Waals surface area contributed by atoms with E-state index in [0.717, 1.165) is 11.1 Å². The van der Waals surface area contributed by atoms with E-state index < -0.39 is 0 Å². The molecule has 22 heavy (non-hydrogen) atoms. The summed E-state index contributed by atoms with van der Waals surface area (Å²) >= 11 is 0. The molecule has 0 heterocycles. The maximum absolute atomic E-state index is 9.30. The average molecular weight is 290 g/mol. The Bertz CT molecular complexity index is 823. The molecule has 3 heteroatoms. The van der Waals surface area contributed by atoms with E-state index in [1.54, 1.807) is 31.4 Å². The van der Waals surface area contributed by atoms with E-state index in [-0.39, 0.29) is 1.43 Å². The van der Waals surface area contributed by atoms with Crippen LogP contribution in [0.4, 0.5) is 5.69 Å². The van der Waals surface area contributed by atoms with Gasteiger partial charge < -0.3 is 10.5 Å². The number of hydrogen-bond acceptors (Lipinski definition) is 3. The highest BCUT2D eigenvalue weighted by Gasteiger charge is 2.05. The second-order valence-electron chi connectivity index (χ2n) is 4.76. The van der Waals surface area contributed by atoms with Crippen molar-refractivity contribution in [3.63, 3.8) is 0 Å². The molecule has 3 nitrogen and oxygen atoms in total. The summed E-state index contributed by atoms with van der Waals surface area (Å²) in [5.41, 5.74) is 9.59. The highest BCUT2D eigenvalue weighted by atomic mass is 16.5. The van der Waals surface area contributed by atoms with Gasteiger partial charge in [0, 0.05) is 30.4 Å². The second-order valence-corrected chi connectivity index (χ2v) is 4.76. The highest BCUT2D eigenvalue weighted by molar-refractivity contribution is 5.85. The van der Waals surface area contributed by atoms with Crippen LogP contribution in [-0.4, -0.2) is 7.11 Å². The maximum atomic E-state index is 9.30. The number of hydrogen-bond donors (Lipinski definition) is 1. The fourth-order valence-electron chi connectivity index (χ4n) is 2.00. The van der Waals surface area contributed by atoms with E-state index in [2.05, 4.69) is 17.9 Å². The van der Waals surface area contributed by atoms with Gasteiger partial charge in [-0.1, -0.05) is 24.0 Å². The maximum Gasteiger partial charge on any atom is 0.120 e. The summed E-state index contributed by atoms with van der Waals surface area (Å²) in [5.74, 6) is 6.59. The van der Waals surface area contributed by atoms with Crippen molar-refractivity contribution in [3.8, 4) is 23.7 Å². The van der Waals surface area contributed by atoms with Crippen LogP contribution in [0.25, 0.3) is 5.57 Å². The first kappa shape index (κ1) is 15.2. The van der Waals surface area contributed by atoms with Crippen LogP contribution >= 0.6 is 0 Å². The molecule has 0 spiro atoms. The first-order valence-electron chi connectivity index (χ1n) is 6.76. The summed E-state index contributed by atoms with van der Waals surface area (Å²) in [5, 5.41) is 9.30. The minimum Gasteiger partial charge on any atom is -0.497 e. The molecule has 0 fully saturated rings. The summed E-state index contributed by atoms with van der Waals surface area (Å²) in [4.78, 5) is 0. The number of allylic oxidation sites excluding steroid dienone is 2. The Labute approximate surface area is 132 Å². The van der Waals surface area contributed by atoms with Crippen LogP contribution in [0.15, 0.2) is 48.5 Å². The monoisotopic (exact) mass is 290 g/mol. The van der Waals surface area contributed by atoms with Crippen molar-refractivity contribution in [1.29, 1.82) is 5.26 Å². The van der Waals surface area contributed by atoms with E-state index in [1.165, 1.54) is 0 Å². The van der Waals surface area contributed by atoms with Gasteiger partial charge in [0.05, 0.1) is 12.7 Å². The number of rotatable bonds is 2. The highest BCUT2D eigenvalue weighted by Crippen LogP contribution is 2.25. The van der Waals surface area contributed by atoms with Gasteiger partial charge in [-0.05, 0) is 36.8 Å². The van der Waals surface area contributed by atoms with Crippen LogP contribution in [-0.2, 0) is 0 Å². The second kappa shape index (κ2) is 7.02. The normalized spacial score (nSPS) is 10.3. The van der Waals surface area contributed by atoms with Crippen molar-refractivity contribution < 1.29 is 6.16 Å². The molecule has 2 aromatic carbocycles. The predicted molar refractivity (Wildman–Crippen MR) is 91.2 cm³/mol.